The third-order valence-electron chi connectivity index (χ3n) is 4.16. The van der Waals surface area contributed by atoms with Gasteiger partial charge in [-0.25, -0.2) is 0 Å². The van der Waals surface area contributed by atoms with E-state index in [1.54, 1.807) is 18.2 Å². The van der Waals surface area contributed by atoms with Crippen LogP contribution in [0.15, 0.2) is 34.8 Å². The largest absolute Gasteiger partial charge is 0.406 e. The van der Waals surface area contributed by atoms with Gasteiger partial charge in [-0.2, -0.15) is 13.2 Å². The topological polar surface area (TPSA) is 40.6 Å². The summed E-state index contributed by atoms with van der Waals surface area (Å²) in [7, 11) is 1.50. The first kappa shape index (κ1) is 16.0. The number of likely N-dealkylation sites (N-methyl/N-ethyl adjacent to an activating group) is 1. The predicted octanol–water partition coefficient (Wildman–Crippen LogP) is 2.97. The van der Waals surface area contributed by atoms with Crippen molar-refractivity contribution >= 4 is 33.4 Å². The Kier molecular flexibility index (Phi) is 3.55. The Morgan fingerprint density at radius 3 is 2.65 bits per heavy atom. The van der Waals surface area contributed by atoms with E-state index in [1.165, 1.54) is 18.0 Å². The molecular weight excluding hydrogens is 377 g/mol. The van der Waals surface area contributed by atoms with E-state index in [4.69, 9.17) is 0 Å². The Labute approximate surface area is 138 Å². The van der Waals surface area contributed by atoms with Gasteiger partial charge in [0.15, 0.2) is 5.54 Å². The summed E-state index contributed by atoms with van der Waals surface area (Å²) in [5.74, 6) is -1.36. The summed E-state index contributed by atoms with van der Waals surface area (Å²) in [5.41, 5.74) is -0.764. The highest BCUT2D eigenvalue weighted by Gasteiger charge is 2.58. The van der Waals surface area contributed by atoms with Gasteiger partial charge in [-0.05, 0) is 18.2 Å². The summed E-state index contributed by atoms with van der Waals surface area (Å²) in [6.07, 6.45) is -2.06. The fourth-order valence-corrected chi connectivity index (χ4v) is 3.93. The van der Waals surface area contributed by atoms with E-state index in [0.717, 1.165) is 6.08 Å². The zero-order valence-electron chi connectivity index (χ0n) is 12.0. The number of halogens is 4. The molecule has 23 heavy (non-hydrogen) atoms. The van der Waals surface area contributed by atoms with Crippen molar-refractivity contribution in [3.8, 4) is 0 Å². The highest BCUT2D eigenvalue weighted by Crippen LogP contribution is 2.50. The molecule has 0 N–H and O–H groups in total. The second-order valence-corrected chi connectivity index (χ2v) is 6.36. The summed E-state index contributed by atoms with van der Waals surface area (Å²) in [4.78, 5) is 26.9. The smallest absolute Gasteiger partial charge is 0.313 e. The van der Waals surface area contributed by atoms with Gasteiger partial charge in [0.25, 0.3) is 5.91 Å². The van der Waals surface area contributed by atoms with Crippen LogP contribution in [0.2, 0.25) is 0 Å². The standard InChI is InChI=1S/C15H12BrF3N2O2/c1-20-10-5-2-4-9(16)12(10)14(13(20)23)7-3-6-11(22)21(14)8-15(17,18)19/h2-6H,7-8H2,1H3. The van der Waals surface area contributed by atoms with Crippen molar-refractivity contribution in [1.82, 2.24) is 4.90 Å². The molecule has 2 aliphatic heterocycles. The molecule has 0 saturated carbocycles. The van der Waals surface area contributed by atoms with E-state index in [-0.39, 0.29) is 6.42 Å². The molecule has 0 bridgehead atoms. The molecule has 4 nitrogen and oxygen atoms in total. The van der Waals surface area contributed by atoms with Gasteiger partial charge in [0, 0.05) is 23.5 Å². The highest BCUT2D eigenvalue weighted by molar-refractivity contribution is 9.10. The first-order chi connectivity index (χ1) is 10.7. The lowest BCUT2D eigenvalue weighted by Crippen LogP contribution is -2.58. The number of rotatable bonds is 1. The van der Waals surface area contributed by atoms with Gasteiger partial charge >= 0.3 is 6.18 Å². The molecule has 3 rings (SSSR count). The molecule has 1 aromatic rings. The van der Waals surface area contributed by atoms with E-state index in [2.05, 4.69) is 15.9 Å². The maximum absolute atomic E-state index is 13.0. The number of alkyl halides is 3. The molecule has 1 aromatic carbocycles. The lowest BCUT2D eigenvalue weighted by Gasteiger charge is -2.41. The number of hydrogen-bond acceptors (Lipinski definition) is 2. The van der Waals surface area contributed by atoms with Crippen molar-refractivity contribution in [2.45, 2.75) is 18.1 Å². The SMILES string of the molecule is CN1C(=O)C2(CC=CC(=O)N2CC(F)(F)F)c2c(Br)cccc21. The van der Waals surface area contributed by atoms with E-state index < -0.39 is 30.1 Å². The van der Waals surface area contributed by atoms with Crippen molar-refractivity contribution in [1.29, 1.82) is 0 Å². The van der Waals surface area contributed by atoms with Crippen molar-refractivity contribution < 1.29 is 22.8 Å². The van der Waals surface area contributed by atoms with Crippen LogP contribution in [0.25, 0.3) is 0 Å². The van der Waals surface area contributed by atoms with Crippen LogP contribution in [0.3, 0.4) is 0 Å². The van der Waals surface area contributed by atoms with Crippen LogP contribution in [-0.2, 0) is 15.1 Å². The summed E-state index contributed by atoms with van der Waals surface area (Å²) in [6.45, 7) is -1.48. The first-order valence-corrected chi connectivity index (χ1v) is 7.60. The fraction of sp³-hybridized carbons (Fsp3) is 0.333. The minimum Gasteiger partial charge on any atom is -0.313 e. The van der Waals surface area contributed by atoms with Gasteiger partial charge in [0.2, 0.25) is 5.91 Å². The third-order valence-corrected chi connectivity index (χ3v) is 4.82. The van der Waals surface area contributed by atoms with Gasteiger partial charge in [0.1, 0.15) is 6.54 Å². The lowest BCUT2D eigenvalue weighted by atomic mass is 9.83. The number of anilines is 1. The van der Waals surface area contributed by atoms with E-state index in [0.29, 0.717) is 20.6 Å². The number of fused-ring (bicyclic) bond motifs is 2. The number of amides is 2. The predicted molar refractivity (Wildman–Crippen MR) is 80.8 cm³/mol. The van der Waals surface area contributed by atoms with E-state index in [9.17, 15) is 22.8 Å². The number of carbonyl (C=O) groups is 2. The fourth-order valence-electron chi connectivity index (χ4n) is 3.25. The van der Waals surface area contributed by atoms with Crippen LogP contribution in [0.1, 0.15) is 12.0 Å². The monoisotopic (exact) mass is 388 g/mol. The number of benzene rings is 1. The van der Waals surface area contributed by atoms with Crippen molar-refractivity contribution in [2.75, 3.05) is 18.5 Å². The molecular formula is C15H12BrF3N2O2. The molecule has 0 aliphatic carbocycles. The molecule has 0 radical (unpaired) electrons. The molecule has 8 heteroatoms. The van der Waals surface area contributed by atoms with Gasteiger partial charge in [-0.3, -0.25) is 9.59 Å². The molecule has 0 fully saturated rings. The number of hydrogen-bond donors (Lipinski definition) is 0. The van der Waals surface area contributed by atoms with Gasteiger partial charge in [-0.15, -0.1) is 0 Å². The Morgan fingerprint density at radius 1 is 1.30 bits per heavy atom. The molecule has 2 heterocycles. The minimum absolute atomic E-state index is 0.00755. The van der Waals surface area contributed by atoms with Crippen LogP contribution in [0, 0.1) is 0 Å². The lowest BCUT2D eigenvalue weighted by molar-refractivity contribution is -0.174. The normalized spacial score (nSPS) is 23.9. The summed E-state index contributed by atoms with van der Waals surface area (Å²) >= 11 is 3.32. The van der Waals surface area contributed by atoms with Crippen LogP contribution in [0.5, 0.6) is 0 Å². The average Bonchev–Trinajstić information content (AvgIpc) is 2.66. The zero-order chi connectivity index (χ0) is 17.0. The summed E-state index contributed by atoms with van der Waals surface area (Å²) < 4.78 is 39.5. The highest BCUT2D eigenvalue weighted by atomic mass is 79.9. The van der Waals surface area contributed by atoms with Gasteiger partial charge < -0.3 is 9.80 Å². The van der Waals surface area contributed by atoms with Crippen LogP contribution in [-0.4, -0.2) is 36.5 Å². The molecule has 2 amide bonds. The average molecular weight is 389 g/mol. The van der Waals surface area contributed by atoms with Gasteiger partial charge in [-0.1, -0.05) is 28.1 Å². The van der Waals surface area contributed by atoms with Crippen molar-refractivity contribution in [3.63, 3.8) is 0 Å². The first-order valence-electron chi connectivity index (χ1n) is 6.80. The molecule has 1 spiro atoms. The minimum atomic E-state index is -4.60. The van der Waals surface area contributed by atoms with Gasteiger partial charge in [0.05, 0.1) is 5.69 Å². The second-order valence-electron chi connectivity index (χ2n) is 5.50. The quantitative estimate of drug-likeness (QED) is 0.741. The maximum Gasteiger partial charge on any atom is 0.406 e. The molecule has 0 aromatic heterocycles. The molecule has 1 unspecified atom stereocenters. The van der Waals surface area contributed by atoms with E-state index >= 15 is 0 Å². The Bertz CT molecular complexity index is 732. The number of carbonyl (C=O) groups excluding carboxylic acids is 2. The second kappa shape index (κ2) is 5.09. The Balaban J connectivity index is 2.25. The zero-order valence-corrected chi connectivity index (χ0v) is 13.6. The summed E-state index contributed by atoms with van der Waals surface area (Å²) in [5, 5.41) is 0. The Morgan fingerprint density at radius 2 is 2.00 bits per heavy atom. The molecule has 0 saturated heterocycles. The summed E-state index contributed by atoms with van der Waals surface area (Å²) in [6, 6.07) is 5.00. The van der Waals surface area contributed by atoms with E-state index in [1.807, 2.05) is 0 Å². The van der Waals surface area contributed by atoms with Crippen molar-refractivity contribution in [2.24, 2.45) is 0 Å². The molecule has 1 atom stereocenters. The van der Waals surface area contributed by atoms with Crippen LogP contribution < -0.4 is 4.90 Å². The van der Waals surface area contributed by atoms with Crippen molar-refractivity contribution in [3.05, 3.63) is 40.4 Å². The third kappa shape index (κ3) is 2.27. The van der Waals surface area contributed by atoms with Crippen LogP contribution in [0.4, 0.5) is 18.9 Å². The Hall–Kier alpha value is -1.83. The number of nitrogens with zero attached hydrogens (tertiary/aromatic N) is 2. The molecule has 2 aliphatic rings. The van der Waals surface area contributed by atoms with Crippen LogP contribution >= 0.6 is 15.9 Å². The maximum atomic E-state index is 13.0. The molecule has 122 valence electrons.